The molecule has 5 rings (SSSR count). The lowest BCUT2D eigenvalue weighted by molar-refractivity contribution is 0.398. The number of rotatable bonds is 4. The summed E-state index contributed by atoms with van der Waals surface area (Å²) in [6.45, 7) is 3.77. The summed E-state index contributed by atoms with van der Waals surface area (Å²) in [7, 11) is 3.46. The standard InChI is InChI=1S/C28H23N7O/c1-28(2,16-29)20-7-9-21(10-8-20)35-26-22-13-18(19-6-12-25(36-4)32-14-19)5-11-23(22)31-15-24(26)34(3)27(35)33-17-30/h5-15H,1-4H3. The number of methoxy groups -OCH3 is 1. The van der Waals surface area contributed by atoms with Crippen LogP contribution in [0.3, 0.4) is 0 Å². The highest BCUT2D eigenvalue weighted by atomic mass is 16.5. The Morgan fingerprint density at radius 2 is 1.69 bits per heavy atom. The Morgan fingerprint density at radius 3 is 2.33 bits per heavy atom. The minimum Gasteiger partial charge on any atom is -0.481 e. The van der Waals surface area contributed by atoms with Gasteiger partial charge in [0.15, 0.2) is 0 Å². The van der Waals surface area contributed by atoms with Crippen molar-refractivity contribution in [2.45, 2.75) is 19.3 Å². The quantitative estimate of drug-likeness (QED) is 0.350. The van der Waals surface area contributed by atoms with Gasteiger partial charge < -0.3 is 9.30 Å². The number of hydrogen-bond acceptors (Lipinski definition) is 6. The van der Waals surface area contributed by atoms with E-state index in [1.54, 1.807) is 19.5 Å². The van der Waals surface area contributed by atoms with Gasteiger partial charge in [0.2, 0.25) is 17.7 Å². The van der Waals surface area contributed by atoms with Crippen molar-refractivity contribution in [3.8, 4) is 35.0 Å². The first-order chi connectivity index (χ1) is 17.4. The molecular formula is C28H23N7O. The molecule has 0 atom stereocenters. The number of pyridine rings is 2. The summed E-state index contributed by atoms with van der Waals surface area (Å²) < 4.78 is 9.01. The number of fused-ring (bicyclic) bond motifs is 3. The van der Waals surface area contributed by atoms with Gasteiger partial charge in [0, 0.05) is 35.9 Å². The van der Waals surface area contributed by atoms with Gasteiger partial charge in [0.1, 0.15) is 0 Å². The maximum atomic E-state index is 9.53. The monoisotopic (exact) mass is 473 g/mol. The first kappa shape index (κ1) is 22.8. The molecule has 0 aliphatic heterocycles. The summed E-state index contributed by atoms with van der Waals surface area (Å²) in [5.74, 6) is 0.551. The van der Waals surface area contributed by atoms with Gasteiger partial charge in [0.25, 0.3) is 0 Å². The Bertz CT molecular complexity index is 1760. The van der Waals surface area contributed by atoms with E-state index in [-0.39, 0.29) is 0 Å². The number of aryl methyl sites for hydroxylation is 1. The fourth-order valence-electron chi connectivity index (χ4n) is 4.36. The smallest absolute Gasteiger partial charge is 0.226 e. The lowest BCUT2D eigenvalue weighted by Gasteiger charge is -2.16. The summed E-state index contributed by atoms with van der Waals surface area (Å²) in [4.78, 5) is 13.1. The fourth-order valence-corrected chi connectivity index (χ4v) is 4.36. The fraction of sp³-hybridized carbons (Fsp3) is 0.179. The zero-order valence-corrected chi connectivity index (χ0v) is 20.4. The largest absolute Gasteiger partial charge is 0.481 e. The minimum atomic E-state index is -0.611. The van der Waals surface area contributed by atoms with Crippen LogP contribution < -0.4 is 10.4 Å². The van der Waals surface area contributed by atoms with Crippen molar-refractivity contribution in [2.75, 3.05) is 7.11 Å². The van der Waals surface area contributed by atoms with E-state index < -0.39 is 5.41 Å². The number of imidazole rings is 1. The van der Waals surface area contributed by atoms with Gasteiger partial charge in [-0.25, -0.2) is 4.98 Å². The Kier molecular flexibility index (Phi) is 5.50. The molecule has 5 aromatic rings. The van der Waals surface area contributed by atoms with E-state index in [2.05, 4.69) is 27.1 Å². The van der Waals surface area contributed by atoms with Crippen LogP contribution in [0, 0.1) is 22.8 Å². The van der Waals surface area contributed by atoms with Crippen molar-refractivity contribution in [3.05, 3.63) is 78.2 Å². The van der Waals surface area contributed by atoms with Gasteiger partial charge in [-0.1, -0.05) is 18.2 Å². The molecule has 0 spiro atoms. The van der Waals surface area contributed by atoms with Gasteiger partial charge in [0.05, 0.1) is 41.3 Å². The van der Waals surface area contributed by atoms with Crippen molar-refractivity contribution >= 4 is 21.9 Å². The van der Waals surface area contributed by atoms with E-state index in [1.165, 1.54) is 0 Å². The number of aromatic nitrogens is 4. The number of benzene rings is 2. The minimum absolute atomic E-state index is 0.477. The molecule has 2 aromatic carbocycles. The third-order valence-electron chi connectivity index (χ3n) is 6.46. The summed E-state index contributed by atoms with van der Waals surface area (Å²) in [5, 5.41) is 19.9. The van der Waals surface area contributed by atoms with E-state index in [0.717, 1.165) is 44.3 Å². The molecule has 3 aromatic heterocycles. The van der Waals surface area contributed by atoms with Gasteiger partial charge in [-0.15, -0.1) is 4.99 Å². The number of nitrogens with zero attached hydrogens (tertiary/aromatic N) is 7. The predicted octanol–water partition coefficient (Wildman–Crippen LogP) is 4.77. The van der Waals surface area contributed by atoms with Crippen LogP contribution in [0.25, 0.3) is 38.8 Å². The molecule has 0 aliphatic rings. The average molecular weight is 474 g/mol. The molecule has 0 bridgehead atoms. The van der Waals surface area contributed by atoms with Crippen molar-refractivity contribution in [2.24, 2.45) is 12.0 Å². The zero-order chi connectivity index (χ0) is 25.4. The first-order valence-corrected chi connectivity index (χ1v) is 11.3. The molecule has 0 radical (unpaired) electrons. The summed E-state index contributed by atoms with van der Waals surface area (Å²) >= 11 is 0. The summed E-state index contributed by atoms with van der Waals surface area (Å²) in [6.07, 6.45) is 5.51. The molecule has 3 heterocycles. The zero-order valence-electron chi connectivity index (χ0n) is 20.4. The van der Waals surface area contributed by atoms with E-state index in [4.69, 9.17) is 4.74 Å². The van der Waals surface area contributed by atoms with E-state index in [0.29, 0.717) is 11.5 Å². The van der Waals surface area contributed by atoms with Crippen LogP contribution in [0.1, 0.15) is 19.4 Å². The number of nitriles is 2. The SMILES string of the molecule is COc1ccc(-c2ccc3ncc4c(c3c2)n(-c2ccc(C(C)(C)C#N)cc2)c(=NC#N)n4C)cn1. The highest BCUT2D eigenvalue weighted by Crippen LogP contribution is 2.31. The van der Waals surface area contributed by atoms with Gasteiger partial charge >= 0.3 is 0 Å². The topological polar surface area (TPSA) is 105 Å². The molecule has 36 heavy (non-hydrogen) atoms. The molecule has 176 valence electrons. The van der Waals surface area contributed by atoms with Crippen molar-refractivity contribution in [3.63, 3.8) is 0 Å². The lowest BCUT2D eigenvalue weighted by Crippen LogP contribution is -2.23. The highest BCUT2D eigenvalue weighted by molar-refractivity contribution is 6.04. The molecule has 0 amide bonds. The van der Waals surface area contributed by atoms with Gasteiger partial charge in [-0.2, -0.15) is 10.5 Å². The Morgan fingerprint density at radius 1 is 0.944 bits per heavy atom. The normalized spacial score (nSPS) is 12.0. The Labute approximate surface area is 208 Å². The van der Waals surface area contributed by atoms with Crippen LogP contribution in [-0.4, -0.2) is 26.2 Å². The number of ether oxygens (including phenoxy) is 1. The second-order valence-corrected chi connectivity index (χ2v) is 9.00. The Balaban J connectivity index is 1.81. The molecule has 0 unspecified atom stereocenters. The third kappa shape index (κ3) is 3.66. The van der Waals surface area contributed by atoms with Crippen LogP contribution in [0.4, 0.5) is 0 Å². The van der Waals surface area contributed by atoms with Gasteiger partial charge in [-0.3, -0.25) is 9.55 Å². The maximum Gasteiger partial charge on any atom is 0.226 e. The van der Waals surface area contributed by atoms with Crippen molar-refractivity contribution in [1.29, 1.82) is 10.5 Å². The van der Waals surface area contributed by atoms with E-state index in [9.17, 15) is 10.5 Å². The second kappa shape index (κ2) is 8.68. The van der Waals surface area contributed by atoms with Gasteiger partial charge in [-0.05, 0) is 55.3 Å². The third-order valence-corrected chi connectivity index (χ3v) is 6.46. The lowest BCUT2D eigenvalue weighted by atomic mass is 9.86. The molecule has 8 nitrogen and oxygen atoms in total. The number of hydrogen-bond donors (Lipinski definition) is 0. The van der Waals surface area contributed by atoms with Crippen LogP contribution in [-0.2, 0) is 12.5 Å². The average Bonchev–Trinajstić information content (AvgIpc) is 3.20. The van der Waals surface area contributed by atoms with Crippen LogP contribution in [0.15, 0.2) is 72.0 Å². The van der Waals surface area contributed by atoms with E-state index in [1.807, 2.05) is 84.8 Å². The van der Waals surface area contributed by atoms with Crippen LogP contribution >= 0.6 is 0 Å². The molecule has 0 aliphatic carbocycles. The molecule has 8 heteroatoms. The maximum absolute atomic E-state index is 9.53. The van der Waals surface area contributed by atoms with Crippen LogP contribution in [0.5, 0.6) is 5.88 Å². The summed E-state index contributed by atoms with van der Waals surface area (Å²) in [6, 6.07) is 20.0. The summed E-state index contributed by atoms with van der Waals surface area (Å²) in [5.41, 5.74) is 6.07. The highest BCUT2D eigenvalue weighted by Gasteiger charge is 2.21. The molecular weight excluding hydrogens is 450 g/mol. The molecule has 0 N–H and O–H groups in total. The Hall–Kier alpha value is -4.95. The molecule has 0 saturated heterocycles. The van der Waals surface area contributed by atoms with Crippen molar-refractivity contribution in [1.82, 2.24) is 19.1 Å². The first-order valence-electron chi connectivity index (χ1n) is 11.3. The second-order valence-electron chi connectivity index (χ2n) is 9.00. The molecule has 0 saturated carbocycles. The molecule has 0 fully saturated rings. The van der Waals surface area contributed by atoms with Crippen molar-refractivity contribution < 1.29 is 4.74 Å². The van der Waals surface area contributed by atoms with Crippen LogP contribution in [0.2, 0.25) is 0 Å². The van der Waals surface area contributed by atoms with E-state index >= 15 is 0 Å². The predicted molar refractivity (Wildman–Crippen MR) is 137 cm³/mol.